The molecule has 2 amide bonds. The third-order valence-corrected chi connectivity index (χ3v) is 5.88. The number of carbonyl (C=O) groups is 1. The number of hydrogen-bond donors (Lipinski definition) is 1. The van der Waals surface area contributed by atoms with Crippen molar-refractivity contribution in [3.05, 3.63) is 40.4 Å². The molecule has 2 aromatic rings. The Morgan fingerprint density at radius 2 is 1.96 bits per heavy atom. The lowest BCUT2D eigenvalue weighted by atomic mass is 10.1. The number of urea groups is 1. The molecule has 1 aliphatic carbocycles. The molecule has 1 atom stereocenters. The van der Waals surface area contributed by atoms with Crippen LogP contribution in [0.3, 0.4) is 0 Å². The Bertz CT molecular complexity index is 703. The zero-order chi connectivity index (χ0) is 17.8. The van der Waals surface area contributed by atoms with E-state index in [1.807, 2.05) is 38.2 Å². The Balaban J connectivity index is 1.65. The van der Waals surface area contributed by atoms with Crippen LogP contribution in [0.5, 0.6) is 5.75 Å². The monoisotopic (exact) mass is 359 g/mol. The summed E-state index contributed by atoms with van der Waals surface area (Å²) in [6.07, 6.45) is 5.79. The summed E-state index contributed by atoms with van der Waals surface area (Å²) in [6, 6.07) is 7.62. The van der Waals surface area contributed by atoms with Crippen LogP contribution in [-0.2, 0) is 12.8 Å². The maximum Gasteiger partial charge on any atom is 0.323 e. The fraction of sp³-hybridized carbons (Fsp3) is 0.474. The normalized spacial score (nSPS) is 15.0. The fourth-order valence-corrected chi connectivity index (χ4v) is 4.08. The third-order valence-electron chi connectivity index (χ3n) is 4.81. The van der Waals surface area contributed by atoms with E-state index in [9.17, 15) is 4.79 Å². The Morgan fingerprint density at radius 1 is 1.24 bits per heavy atom. The molecule has 1 aromatic carbocycles. The molecule has 1 N–H and O–H groups in total. The highest BCUT2D eigenvalue weighted by atomic mass is 32.1. The lowest BCUT2D eigenvalue weighted by Crippen LogP contribution is -2.33. The number of anilines is 1. The molecule has 0 radical (unpaired) electrons. The van der Waals surface area contributed by atoms with Gasteiger partial charge in [0.25, 0.3) is 0 Å². The smallest absolute Gasteiger partial charge is 0.323 e. The van der Waals surface area contributed by atoms with E-state index in [2.05, 4.69) is 10.3 Å². The largest absolute Gasteiger partial charge is 0.497 e. The highest BCUT2D eigenvalue weighted by Crippen LogP contribution is 2.29. The summed E-state index contributed by atoms with van der Waals surface area (Å²) in [6.45, 7) is 2.01. The number of nitrogens with one attached hydrogen (secondary N) is 1. The second-order valence-electron chi connectivity index (χ2n) is 6.44. The van der Waals surface area contributed by atoms with Gasteiger partial charge < -0.3 is 9.64 Å². The van der Waals surface area contributed by atoms with Crippen molar-refractivity contribution in [1.82, 2.24) is 9.88 Å². The molecular weight excluding hydrogens is 334 g/mol. The molecule has 0 spiro atoms. The molecular formula is C19H25N3O2S. The minimum atomic E-state index is -0.132. The predicted molar refractivity (Wildman–Crippen MR) is 102 cm³/mol. The van der Waals surface area contributed by atoms with Crippen LogP contribution in [0.25, 0.3) is 0 Å². The van der Waals surface area contributed by atoms with Crippen molar-refractivity contribution < 1.29 is 9.53 Å². The summed E-state index contributed by atoms with van der Waals surface area (Å²) < 4.78 is 5.18. The first-order valence-corrected chi connectivity index (χ1v) is 9.56. The second kappa shape index (κ2) is 7.87. The number of hydrogen-bond acceptors (Lipinski definition) is 4. The van der Waals surface area contributed by atoms with Gasteiger partial charge in [0.1, 0.15) is 5.75 Å². The highest BCUT2D eigenvalue weighted by Gasteiger charge is 2.20. The molecule has 25 heavy (non-hydrogen) atoms. The molecule has 0 saturated heterocycles. The predicted octanol–water partition coefficient (Wildman–Crippen LogP) is 4.65. The van der Waals surface area contributed by atoms with E-state index in [4.69, 9.17) is 4.74 Å². The van der Waals surface area contributed by atoms with E-state index in [1.54, 1.807) is 23.3 Å². The van der Waals surface area contributed by atoms with Gasteiger partial charge in [0.15, 0.2) is 5.13 Å². The van der Waals surface area contributed by atoms with Crippen LogP contribution in [0.4, 0.5) is 9.93 Å². The molecule has 6 heteroatoms. The van der Waals surface area contributed by atoms with E-state index < -0.39 is 0 Å². The molecule has 0 saturated carbocycles. The topological polar surface area (TPSA) is 54.5 Å². The van der Waals surface area contributed by atoms with E-state index in [0.29, 0.717) is 5.13 Å². The van der Waals surface area contributed by atoms with Crippen LogP contribution in [0.1, 0.15) is 48.4 Å². The average Bonchev–Trinajstić information content (AvgIpc) is 2.88. The first-order valence-electron chi connectivity index (χ1n) is 8.75. The van der Waals surface area contributed by atoms with Crippen molar-refractivity contribution in [3.63, 3.8) is 0 Å². The third kappa shape index (κ3) is 4.12. The first kappa shape index (κ1) is 17.7. The molecule has 5 nitrogen and oxygen atoms in total. The highest BCUT2D eigenvalue weighted by molar-refractivity contribution is 7.15. The number of ether oxygens (including phenoxy) is 1. The van der Waals surface area contributed by atoms with E-state index in [1.165, 1.54) is 29.8 Å². The number of amides is 2. The molecule has 3 rings (SSSR count). The van der Waals surface area contributed by atoms with Crippen molar-refractivity contribution in [1.29, 1.82) is 0 Å². The van der Waals surface area contributed by atoms with Crippen LogP contribution in [-0.4, -0.2) is 30.1 Å². The number of nitrogens with zero attached hydrogens (tertiary/aromatic N) is 2. The summed E-state index contributed by atoms with van der Waals surface area (Å²) in [5.74, 6) is 0.812. The minimum absolute atomic E-state index is 0.0382. The number of fused-ring (bicyclic) bond motifs is 1. The quantitative estimate of drug-likeness (QED) is 0.809. The van der Waals surface area contributed by atoms with Gasteiger partial charge in [-0.05, 0) is 50.3 Å². The molecule has 0 aliphatic heterocycles. The van der Waals surface area contributed by atoms with Crippen molar-refractivity contribution in [2.75, 3.05) is 19.5 Å². The van der Waals surface area contributed by atoms with Gasteiger partial charge in [-0.1, -0.05) is 18.6 Å². The van der Waals surface area contributed by atoms with E-state index in [-0.39, 0.29) is 12.1 Å². The number of benzene rings is 1. The molecule has 1 heterocycles. The molecule has 1 unspecified atom stereocenters. The van der Waals surface area contributed by atoms with Gasteiger partial charge in [-0.3, -0.25) is 5.32 Å². The first-order chi connectivity index (χ1) is 12.1. The van der Waals surface area contributed by atoms with Crippen molar-refractivity contribution >= 4 is 22.5 Å². The van der Waals surface area contributed by atoms with Crippen LogP contribution in [0, 0.1) is 0 Å². The lowest BCUT2D eigenvalue weighted by molar-refractivity contribution is 0.208. The zero-order valence-electron chi connectivity index (χ0n) is 15.0. The van der Waals surface area contributed by atoms with E-state index in [0.717, 1.165) is 24.2 Å². The summed E-state index contributed by atoms with van der Waals surface area (Å²) in [5, 5.41) is 3.68. The Kier molecular flexibility index (Phi) is 5.58. The fourth-order valence-electron chi connectivity index (χ4n) is 3.04. The lowest BCUT2D eigenvalue weighted by Gasteiger charge is -2.25. The second-order valence-corrected chi connectivity index (χ2v) is 7.52. The van der Waals surface area contributed by atoms with Crippen LogP contribution >= 0.6 is 11.3 Å². The maximum atomic E-state index is 12.6. The average molecular weight is 359 g/mol. The molecule has 134 valence electrons. The maximum absolute atomic E-state index is 12.6. The number of rotatable bonds is 4. The molecule has 1 aliphatic rings. The van der Waals surface area contributed by atoms with E-state index >= 15 is 0 Å². The molecule has 1 aromatic heterocycles. The number of carbonyl (C=O) groups excluding carboxylic acids is 1. The van der Waals surface area contributed by atoms with Crippen LogP contribution in [0.15, 0.2) is 24.3 Å². The summed E-state index contributed by atoms with van der Waals surface area (Å²) >= 11 is 1.62. The summed E-state index contributed by atoms with van der Waals surface area (Å²) in [5.41, 5.74) is 2.23. The van der Waals surface area contributed by atoms with Gasteiger partial charge in [0.05, 0.1) is 18.8 Å². The Labute approximate surface area is 153 Å². The van der Waals surface area contributed by atoms with Crippen molar-refractivity contribution in [2.45, 2.75) is 45.1 Å². The van der Waals surface area contributed by atoms with Gasteiger partial charge in [-0.25, -0.2) is 9.78 Å². The van der Waals surface area contributed by atoms with Crippen LogP contribution < -0.4 is 10.1 Å². The van der Waals surface area contributed by atoms with Crippen molar-refractivity contribution in [2.24, 2.45) is 0 Å². The zero-order valence-corrected chi connectivity index (χ0v) is 15.9. The van der Waals surface area contributed by atoms with Gasteiger partial charge in [-0.15, -0.1) is 11.3 Å². The number of aromatic nitrogens is 1. The number of methoxy groups -OCH3 is 1. The summed E-state index contributed by atoms with van der Waals surface area (Å²) in [4.78, 5) is 20.3. The minimum Gasteiger partial charge on any atom is -0.497 e. The van der Waals surface area contributed by atoms with Crippen molar-refractivity contribution in [3.8, 4) is 5.75 Å². The Hall–Kier alpha value is -2.08. The van der Waals surface area contributed by atoms with Crippen LogP contribution in [0.2, 0.25) is 0 Å². The SMILES string of the molecule is COc1ccc(C(C)N(C)C(=O)Nc2nc3c(s2)CCCCC3)cc1. The van der Waals surface area contributed by atoms with Gasteiger partial charge >= 0.3 is 6.03 Å². The summed E-state index contributed by atoms with van der Waals surface area (Å²) in [7, 11) is 3.45. The number of thiazole rings is 1. The Morgan fingerprint density at radius 3 is 2.68 bits per heavy atom. The number of aryl methyl sites for hydroxylation is 2. The van der Waals surface area contributed by atoms with Gasteiger partial charge in [0.2, 0.25) is 0 Å². The van der Waals surface area contributed by atoms with Gasteiger partial charge in [-0.2, -0.15) is 0 Å². The standard InChI is InChI=1S/C19H25N3O2S/c1-13(14-9-11-15(24-3)12-10-14)22(2)19(23)21-18-20-16-7-5-4-6-8-17(16)25-18/h9-13H,4-8H2,1-3H3,(H,20,21,23). The molecule has 0 fully saturated rings. The molecule has 0 bridgehead atoms. The van der Waals surface area contributed by atoms with Gasteiger partial charge in [0, 0.05) is 11.9 Å².